The molecule has 0 bridgehead atoms. The average molecular weight is 354 g/mol. The van der Waals surface area contributed by atoms with Crippen LogP contribution in [0, 0.1) is 23.2 Å². The van der Waals surface area contributed by atoms with Gasteiger partial charge in [-0.25, -0.2) is 0 Å². The molecule has 0 radical (unpaired) electrons. The lowest BCUT2D eigenvalue weighted by molar-refractivity contribution is -0.671. The first-order chi connectivity index (χ1) is 12.0. The van der Waals surface area contributed by atoms with Crippen molar-refractivity contribution in [2.75, 3.05) is 27.3 Å². The summed E-state index contributed by atoms with van der Waals surface area (Å²) in [4.78, 5) is 12.5. The Bertz CT molecular complexity index is 538. The van der Waals surface area contributed by atoms with Crippen LogP contribution >= 0.6 is 0 Å². The van der Waals surface area contributed by atoms with Crippen molar-refractivity contribution >= 4 is 5.97 Å². The normalized spacial score (nSPS) is 47.9. The zero-order chi connectivity index (χ0) is 17.8. The molecule has 2 aliphatic heterocycles. The van der Waals surface area contributed by atoms with Crippen LogP contribution in [0.15, 0.2) is 0 Å². The summed E-state index contributed by atoms with van der Waals surface area (Å²) in [5.41, 5.74) is 0.146. The van der Waals surface area contributed by atoms with Crippen molar-refractivity contribution in [3.8, 4) is 0 Å². The van der Waals surface area contributed by atoms with Gasteiger partial charge in [0.05, 0.1) is 12.6 Å². The summed E-state index contributed by atoms with van der Waals surface area (Å²) < 4.78 is 22.7. The predicted octanol–water partition coefficient (Wildman–Crippen LogP) is 0.694. The Labute approximate surface area is 149 Å². The van der Waals surface area contributed by atoms with E-state index < -0.39 is 0 Å². The van der Waals surface area contributed by atoms with Crippen LogP contribution in [0.4, 0.5) is 0 Å². The average Bonchev–Trinajstić information content (AvgIpc) is 3.26. The van der Waals surface area contributed by atoms with Gasteiger partial charge >= 0.3 is 5.97 Å². The van der Waals surface area contributed by atoms with Gasteiger partial charge < -0.3 is 24.3 Å². The van der Waals surface area contributed by atoms with Gasteiger partial charge in [-0.2, -0.15) is 0 Å². The van der Waals surface area contributed by atoms with Gasteiger partial charge in [0.2, 0.25) is 6.29 Å². The number of ether oxygens (including phenoxy) is 4. The molecule has 4 aliphatic rings. The summed E-state index contributed by atoms with van der Waals surface area (Å²) in [7, 11) is 3.27. The molecule has 0 aromatic carbocycles. The second-order valence-electron chi connectivity index (χ2n) is 8.71. The predicted molar refractivity (Wildman–Crippen MR) is 89.7 cm³/mol. The first-order valence-corrected chi connectivity index (χ1v) is 9.72. The summed E-state index contributed by atoms with van der Waals surface area (Å²) in [6, 6.07) is 0. The van der Waals surface area contributed by atoms with E-state index in [2.05, 4.69) is 19.2 Å². The van der Waals surface area contributed by atoms with Gasteiger partial charge in [0.25, 0.3) is 0 Å². The lowest BCUT2D eigenvalue weighted by atomic mass is 9.53. The molecule has 2 heterocycles. The van der Waals surface area contributed by atoms with E-state index in [4.69, 9.17) is 18.9 Å². The third kappa shape index (κ3) is 2.48. The van der Waals surface area contributed by atoms with Crippen molar-refractivity contribution in [2.24, 2.45) is 23.2 Å². The molecule has 142 valence electrons. The first-order valence-electron chi connectivity index (χ1n) is 9.72. The molecule has 0 unspecified atom stereocenters. The van der Waals surface area contributed by atoms with Gasteiger partial charge in [0.1, 0.15) is 24.2 Å². The zero-order valence-corrected chi connectivity index (χ0v) is 15.8. The van der Waals surface area contributed by atoms with Crippen LogP contribution in [0.25, 0.3) is 0 Å². The highest BCUT2D eigenvalue weighted by Gasteiger charge is 2.78. The monoisotopic (exact) mass is 354 g/mol. The number of carbonyl (C=O) groups excluding carboxylic acids is 1. The van der Waals surface area contributed by atoms with Crippen molar-refractivity contribution < 1.29 is 29.1 Å². The largest absolute Gasteiger partial charge is 0.462 e. The maximum atomic E-state index is 12.5. The van der Waals surface area contributed by atoms with Crippen LogP contribution in [0.1, 0.15) is 39.5 Å². The third-order valence-electron chi connectivity index (χ3n) is 7.50. The molecule has 0 aromatic rings. The van der Waals surface area contributed by atoms with Crippen molar-refractivity contribution in [3.63, 3.8) is 0 Å². The topological polar surface area (TPSA) is 73.9 Å². The fraction of sp³-hybridized carbons (Fsp3) is 0.947. The minimum atomic E-state index is -0.246. The Morgan fingerprint density at radius 3 is 2.84 bits per heavy atom. The second-order valence-corrected chi connectivity index (χ2v) is 8.71. The Morgan fingerprint density at radius 1 is 1.36 bits per heavy atom. The molecule has 1 spiro atoms. The minimum Gasteiger partial charge on any atom is -0.462 e. The second kappa shape index (κ2) is 6.19. The summed E-state index contributed by atoms with van der Waals surface area (Å²) in [5, 5.41) is 2.11. The van der Waals surface area contributed by atoms with Gasteiger partial charge in [0.15, 0.2) is 0 Å². The number of fused-ring (bicyclic) bond motifs is 2. The number of hydrogen-bond donors (Lipinski definition) is 1. The Hall–Kier alpha value is -0.690. The molecule has 4 rings (SSSR count). The Kier molecular flexibility index (Phi) is 4.38. The third-order valence-corrected chi connectivity index (χ3v) is 7.50. The van der Waals surface area contributed by atoms with E-state index in [1.54, 1.807) is 14.2 Å². The fourth-order valence-corrected chi connectivity index (χ4v) is 6.20. The SMILES string of the molecule is COC(C[NH2+]C[C@@H]1C(=O)O[C@@H]2C[C@@]3(C)CCC[C@@H](C)[C@@]34O[C@H]4[C@H]12)OC. The van der Waals surface area contributed by atoms with Gasteiger partial charge in [-0.05, 0) is 25.2 Å². The summed E-state index contributed by atoms with van der Waals surface area (Å²) >= 11 is 0. The van der Waals surface area contributed by atoms with Crippen LogP contribution < -0.4 is 5.32 Å². The fourth-order valence-electron chi connectivity index (χ4n) is 6.20. The van der Waals surface area contributed by atoms with Crippen molar-refractivity contribution in [1.29, 1.82) is 0 Å². The van der Waals surface area contributed by atoms with E-state index in [0.29, 0.717) is 19.0 Å². The van der Waals surface area contributed by atoms with Gasteiger partial charge in [-0.3, -0.25) is 4.79 Å². The van der Waals surface area contributed by atoms with Crippen molar-refractivity contribution in [1.82, 2.24) is 0 Å². The molecule has 25 heavy (non-hydrogen) atoms. The van der Waals surface area contributed by atoms with Crippen LogP contribution in [-0.4, -0.2) is 57.4 Å². The number of esters is 1. The number of nitrogens with two attached hydrogens (primary N) is 1. The number of carbonyl (C=O) groups is 1. The number of hydrogen-bond acceptors (Lipinski definition) is 5. The molecule has 6 nitrogen and oxygen atoms in total. The quantitative estimate of drug-likeness (QED) is 0.432. The zero-order valence-electron chi connectivity index (χ0n) is 15.8. The van der Waals surface area contributed by atoms with Gasteiger partial charge in [-0.15, -0.1) is 0 Å². The number of rotatable bonds is 6. The van der Waals surface area contributed by atoms with Crippen LogP contribution in [-0.2, 0) is 23.7 Å². The lowest BCUT2D eigenvalue weighted by Crippen LogP contribution is -2.88. The van der Waals surface area contributed by atoms with E-state index in [0.717, 1.165) is 6.42 Å². The van der Waals surface area contributed by atoms with Crippen molar-refractivity contribution in [2.45, 2.75) is 63.6 Å². The smallest absolute Gasteiger partial charge is 0.315 e. The van der Waals surface area contributed by atoms with E-state index in [1.807, 2.05) is 0 Å². The van der Waals surface area contributed by atoms with E-state index in [1.165, 1.54) is 19.3 Å². The molecule has 2 saturated carbocycles. The lowest BCUT2D eigenvalue weighted by Gasteiger charge is -2.48. The van der Waals surface area contributed by atoms with Crippen LogP contribution in [0.2, 0.25) is 0 Å². The standard InChI is InChI=1S/C19H31NO5/c1-11-6-5-7-18(2)8-13-15(16-19(11,18)25-16)12(17(21)24-13)9-20-10-14(22-3)23-4/h11-16,20H,5-10H2,1-4H3/p+1/t11-,12+,13-,15-,16+,18-,19+/m1/s1. The van der Waals surface area contributed by atoms with E-state index in [-0.39, 0.29) is 47.3 Å². The highest BCUT2D eigenvalue weighted by Crippen LogP contribution is 2.70. The van der Waals surface area contributed by atoms with Gasteiger partial charge in [0, 0.05) is 25.6 Å². The molecular formula is C19H32NO5+. The maximum Gasteiger partial charge on any atom is 0.315 e. The van der Waals surface area contributed by atoms with Crippen LogP contribution in [0.5, 0.6) is 0 Å². The number of quaternary nitrogens is 1. The summed E-state index contributed by atoms with van der Waals surface area (Å²) in [6.07, 6.45) is 4.62. The Morgan fingerprint density at radius 2 is 2.12 bits per heavy atom. The molecule has 0 aromatic heterocycles. The van der Waals surface area contributed by atoms with Gasteiger partial charge in [-0.1, -0.05) is 20.3 Å². The molecule has 0 amide bonds. The maximum absolute atomic E-state index is 12.5. The first kappa shape index (κ1) is 17.7. The number of epoxide rings is 1. The Balaban J connectivity index is 1.47. The number of methoxy groups -OCH3 is 2. The highest BCUT2D eigenvalue weighted by molar-refractivity contribution is 5.76. The minimum absolute atomic E-state index is 0.0136. The molecule has 7 atom stereocenters. The van der Waals surface area contributed by atoms with Crippen LogP contribution in [0.3, 0.4) is 0 Å². The summed E-state index contributed by atoms with van der Waals surface area (Å²) in [6.45, 7) is 6.08. The van der Waals surface area contributed by atoms with E-state index >= 15 is 0 Å². The molecule has 6 heteroatoms. The van der Waals surface area contributed by atoms with Crippen molar-refractivity contribution in [3.05, 3.63) is 0 Å². The summed E-state index contributed by atoms with van der Waals surface area (Å²) in [5.74, 6) is 0.658. The molecule has 2 N–H and O–H groups in total. The molecule has 2 aliphatic carbocycles. The van der Waals surface area contributed by atoms with E-state index in [9.17, 15) is 4.79 Å². The molecule has 4 fully saturated rings. The highest BCUT2D eigenvalue weighted by atomic mass is 16.7. The molecule has 2 saturated heterocycles. The molecular weight excluding hydrogens is 322 g/mol.